The van der Waals surface area contributed by atoms with Gasteiger partial charge in [-0.3, -0.25) is 9.10 Å². The molecule has 0 radical (unpaired) electrons. The molecule has 9 heteroatoms. The summed E-state index contributed by atoms with van der Waals surface area (Å²) < 4.78 is 41.4. The molecule has 0 aliphatic heterocycles. The minimum absolute atomic E-state index is 0.114. The molecule has 1 N–H and O–H groups in total. The van der Waals surface area contributed by atoms with Crippen molar-refractivity contribution < 1.29 is 27.4 Å². The quantitative estimate of drug-likeness (QED) is 0.722. The predicted octanol–water partition coefficient (Wildman–Crippen LogP) is 2.75. The fraction of sp³-hybridized carbons (Fsp3) is 0.316. The maximum Gasteiger partial charge on any atom is 0.257 e. The standard InChI is InChI=1S/C19H24N2O6S/c1-6-28(23,24)21(2)16-12-18(27-5)17(26-4)11-15(16)19(22)20-13-7-9-14(25-3)10-8-13/h7-12H,6H2,1-5H3,(H,20,22). The van der Waals surface area contributed by atoms with Crippen LogP contribution in [-0.4, -0.2) is 48.5 Å². The number of benzene rings is 2. The molecule has 2 aromatic carbocycles. The molecule has 2 rings (SSSR count). The molecule has 0 spiro atoms. The van der Waals surface area contributed by atoms with Crippen molar-refractivity contribution in [2.75, 3.05) is 43.8 Å². The van der Waals surface area contributed by atoms with E-state index in [1.54, 1.807) is 31.4 Å². The minimum atomic E-state index is -3.59. The van der Waals surface area contributed by atoms with Crippen molar-refractivity contribution in [3.63, 3.8) is 0 Å². The highest BCUT2D eigenvalue weighted by Gasteiger charge is 2.25. The van der Waals surface area contributed by atoms with Crippen LogP contribution in [0.25, 0.3) is 0 Å². The Hall–Kier alpha value is -2.94. The van der Waals surface area contributed by atoms with Gasteiger partial charge < -0.3 is 19.5 Å². The Kier molecular flexibility index (Phi) is 6.74. The number of amides is 1. The van der Waals surface area contributed by atoms with Gasteiger partial charge in [0.05, 0.1) is 38.3 Å². The third kappa shape index (κ3) is 4.48. The molecule has 8 nitrogen and oxygen atoms in total. The first-order chi connectivity index (χ1) is 13.3. The summed E-state index contributed by atoms with van der Waals surface area (Å²) in [5.41, 5.74) is 0.853. The molecular formula is C19H24N2O6S. The van der Waals surface area contributed by atoms with E-state index >= 15 is 0 Å². The molecule has 2 aromatic rings. The topological polar surface area (TPSA) is 94.2 Å². The molecule has 1 amide bonds. The van der Waals surface area contributed by atoms with Crippen LogP contribution in [0.1, 0.15) is 17.3 Å². The van der Waals surface area contributed by atoms with E-state index in [0.717, 1.165) is 4.31 Å². The van der Waals surface area contributed by atoms with Crippen LogP contribution in [0.5, 0.6) is 17.2 Å². The van der Waals surface area contributed by atoms with Crippen molar-refractivity contribution in [1.29, 1.82) is 0 Å². The summed E-state index contributed by atoms with van der Waals surface area (Å²) in [6.07, 6.45) is 0. The fourth-order valence-electron chi connectivity index (χ4n) is 2.53. The van der Waals surface area contributed by atoms with Gasteiger partial charge in [0.25, 0.3) is 5.91 Å². The number of sulfonamides is 1. The van der Waals surface area contributed by atoms with Gasteiger partial charge in [-0.2, -0.15) is 0 Å². The summed E-state index contributed by atoms with van der Waals surface area (Å²) in [5.74, 6) is 0.681. The Balaban J connectivity index is 2.51. The Labute approximate surface area is 165 Å². The average Bonchev–Trinajstić information content (AvgIpc) is 2.72. The number of ether oxygens (including phenoxy) is 3. The van der Waals surface area contributed by atoms with Crippen molar-refractivity contribution in [1.82, 2.24) is 0 Å². The zero-order chi connectivity index (χ0) is 20.9. The van der Waals surface area contributed by atoms with Gasteiger partial charge in [0.2, 0.25) is 10.0 Å². The molecule has 0 aliphatic carbocycles. The van der Waals surface area contributed by atoms with Gasteiger partial charge in [-0.25, -0.2) is 8.42 Å². The van der Waals surface area contributed by atoms with Crippen LogP contribution in [0.15, 0.2) is 36.4 Å². The summed E-state index contributed by atoms with van der Waals surface area (Å²) >= 11 is 0. The molecule has 0 unspecified atom stereocenters. The second-order valence-electron chi connectivity index (χ2n) is 5.78. The highest BCUT2D eigenvalue weighted by atomic mass is 32.2. The smallest absolute Gasteiger partial charge is 0.257 e. The zero-order valence-electron chi connectivity index (χ0n) is 16.5. The zero-order valence-corrected chi connectivity index (χ0v) is 17.3. The molecule has 0 aliphatic rings. The molecule has 0 fully saturated rings. The monoisotopic (exact) mass is 408 g/mol. The predicted molar refractivity (Wildman–Crippen MR) is 108 cm³/mol. The number of hydrogen-bond donors (Lipinski definition) is 1. The largest absolute Gasteiger partial charge is 0.497 e. The molecule has 28 heavy (non-hydrogen) atoms. The number of nitrogens with zero attached hydrogens (tertiary/aromatic N) is 1. The molecule has 152 valence electrons. The first kappa shape index (κ1) is 21.4. The van der Waals surface area contributed by atoms with Gasteiger partial charge in [-0.1, -0.05) is 0 Å². The lowest BCUT2D eigenvalue weighted by atomic mass is 10.1. The van der Waals surface area contributed by atoms with E-state index in [1.807, 2.05) is 0 Å². The lowest BCUT2D eigenvalue weighted by Crippen LogP contribution is -2.30. The van der Waals surface area contributed by atoms with Crippen LogP contribution in [-0.2, 0) is 10.0 Å². The van der Waals surface area contributed by atoms with Gasteiger partial charge in [0.1, 0.15) is 5.75 Å². The summed E-state index contributed by atoms with van der Waals surface area (Å²) in [6, 6.07) is 9.70. The Morgan fingerprint density at radius 1 is 1.00 bits per heavy atom. The first-order valence-corrected chi connectivity index (χ1v) is 10.1. The van der Waals surface area contributed by atoms with Gasteiger partial charge in [0.15, 0.2) is 11.5 Å². The lowest BCUT2D eigenvalue weighted by molar-refractivity contribution is 0.102. The van der Waals surface area contributed by atoms with Gasteiger partial charge in [-0.05, 0) is 37.3 Å². The average molecular weight is 408 g/mol. The van der Waals surface area contributed by atoms with E-state index in [2.05, 4.69) is 5.32 Å². The van der Waals surface area contributed by atoms with Crippen LogP contribution in [0, 0.1) is 0 Å². The Bertz CT molecular complexity index is 942. The first-order valence-electron chi connectivity index (χ1n) is 8.45. The van der Waals surface area contributed by atoms with Crippen molar-refractivity contribution in [2.45, 2.75) is 6.92 Å². The van der Waals surface area contributed by atoms with Crippen molar-refractivity contribution in [3.8, 4) is 17.2 Å². The Morgan fingerprint density at radius 2 is 1.57 bits per heavy atom. The van der Waals surface area contributed by atoms with E-state index < -0.39 is 15.9 Å². The normalized spacial score (nSPS) is 10.9. The van der Waals surface area contributed by atoms with E-state index in [4.69, 9.17) is 14.2 Å². The van der Waals surface area contributed by atoms with Crippen LogP contribution in [0.2, 0.25) is 0 Å². The summed E-state index contributed by atoms with van der Waals surface area (Å²) in [6.45, 7) is 1.53. The molecule has 0 heterocycles. The number of rotatable bonds is 8. The van der Waals surface area contributed by atoms with Gasteiger partial charge in [-0.15, -0.1) is 0 Å². The molecule has 0 saturated heterocycles. The molecule has 0 aromatic heterocycles. The maximum atomic E-state index is 12.9. The number of anilines is 2. The van der Waals surface area contributed by atoms with E-state index in [-0.39, 0.29) is 17.0 Å². The SMILES string of the molecule is CCS(=O)(=O)N(C)c1cc(OC)c(OC)cc1C(=O)Nc1ccc(OC)cc1. The van der Waals surface area contributed by atoms with Crippen molar-refractivity contribution >= 4 is 27.3 Å². The fourth-order valence-corrected chi connectivity index (χ4v) is 3.36. The maximum absolute atomic E-state index is 12.9. The number of nitrogens with one attached hydrogen (secondary N) is 1. The summed E-state index contributed by atoms with van der Waals surface area (Å²) in [5, 5.41) is 2.75. The minimum Gasteiger partial charge on any atom is -0.497 e. The lowest BCUT2D eigenvalue weighted by Gasteiger charge is -2.23. The molecular weight excluding hydrogens is 384 g/mol. The van der Waals surface area contributed by atoms with Crippen LogP contribution >= 0.6 is 0 Å². The second-order valence-corrected chi connectivity index (χ2v) is 8.06. The molecule has 0 saturated carbocycles. The number of carbonyl (C=O) groups is 1. The molecule has 0 atom stereocenters. The molecule has 0 bridgehead atoms. The van der Waals surface area contributed by atoms with Crippen LogP contribution in [0.4, 0.5) is 11.4 Å². The van der Waals surface area contributed by atoms with E-state index in [9.17, 15) is 13.2 Å². The van der Waals surface area contributed by atoms with E-state index in [1.165, 1.54) is 40.3 Å². The number of methoxy groups -OCH3 is 3. The Morgan fingerprint density at radius 3 is 2.07 bits per heavy atom. The van der Waals surface area contributed by atoms with Crippen LogP contribution < -0.4 is 23.8 Å². The van der Waals surface area contributed by atoms with E-state index in [0.29, 0.717) is 22.9 Å². The van der Waals surface area contributed by atoms with Gasteiger partial charge >= 0.3 is 0 Å². The highest BCUT2D eigenvalue weighted by molar-refractivity contribution is 7.92. The van der Waals surface area contributed by atoms with Gasteiger partial charge in [0, 0.05) is 18.8 Å². The summed E-state index contributed by atoms with van der Waals surface area (Å²) in [7, 11) is 2.23. The van der Waals surface area contributed by atoms with Crippen molar-refractivity contribution in [2.24, 2.45) is 0 Å². The number of hydrogen-bond acceptors (Lipinski definition) is 6. The second kappa shape index (κ2) is 8.83. The van der Waals surface area contributed by atoms with Crippen molar-refractivity contribution in [3.05, 3.63) is 42.0 Å². The third-order valence-electron chi connectivity index (χ3n) is 4.22. The highest BCUT2D eigenvalue weighted by Crippen LogP contribution is 2.36. The number of carbonyl (C=O) groups excluding carboxylic acids is 1. The third-order valence-corrected chi connectivity index (χ3v) is 5.98. The van der Waals surface area contributed by atoms with Crippen LogP contribution in [0.3, 0.4) is 0 Å². The summed E-state index contributed by atoms with van der Waals surface area (Å²) in [4.78, 5) is 12.9.